The topological polar surface area (TPSA) is 55.0 Å². The van der Waals surface area contributed by atoms with E-state index in [1.54, 1.807) is 31.6 Å². The van der Waals surface area contributed by atoms with Gasteiger partial charge in [-0.1, -0.05) is 0 Å². The van der Waals surface area contributed by atoms with Crippen molar-refractivity contribution in [2.24, 2.45) is 0 Å². The van der Waals surface area contributed by atoms with Gasteiger partial charge in [0.2, 0.25) is 5.78 Å². The third kappa shape index (κ3) is 1.82. The molecule has 4 heteroatoms. The molecule has 0 fully saturated rings. The number of hydrogen-bond acceptors (Lipinski definition) is 3. The van der Waals surface area contributed by atoms with Crippen LogP contribution in [0.5, 0.6) is 5.75 Å². The van der Waals surface area contributed by atoms with Crippen molar-refractivity contribution in [3.05, 3.63) is 47.5 Å². The summed E-state index contributed by atoms with van der Waals surface area (Å²) in [7, 11) is 1.60. The van der Waals surface area contributed by atoms with Crippen LogP contribution in [-0.2, 0) is 0 Å². The summed E-state index contributed by atoms with van der Waals surface area (Å²) in [6.07, 6.45) is 3.19. The molecule has 16 heavy (non-hydrogen) atoms. The Hall–Kier alpha value is -2.10. The van der Waals surface area contributed by atoms with Gasteiger partial charge in [-0.05, 0) is 30.7 Å². The van der Waals surface area contributed by atoms with E-state index in [0.717, 1.165) is 11.3 Å². The van der Waals surface area contributed by atoms with E-state index in [2.05, 4.69) is 9.97 Å². The van der Waals surface area contributed by atoms with Gasteiger partial charge in [-0.25, -0.2) is 4.98 Å². The molecule has 0 amide bonds. The number of carbonyl (C=O) groups is 1. The summed E-state index contributed by atoms with van der Waals surface area (Å²) >= 11 is 0. The molecule has 1 N–H and O–H groups in total. The number of aromatic nitrogens is 2. The summed E-state index contributed by atoms with van der Waals surface area (Å²) in [6, 6.07) is 5.35. The molecule has 0 aliphatic rings. The number of nitrogens with one attached hydrogen (secondary N) is 1. The predicted octanol–water partition coefficient (Wildman–Crippen LogP) is 1.96. The average Bonchev–Trinajstić information content (AvgIpc) is 2.81. The second-order valence-corrected chi connectivity index (χ2v) is 3.45. The number of aromatic amines is 1. The Morgan fingerprint density at radius 3 is 2.81 bits per heavy atom. The van der Waals surface area contributed by atoms with Crippen molar-refractivity contribution in [1.82, 2.24) is 9.97 Å². The molecular formula is C12H12N2O2. The second kappa shape index (κ2) is 4.18. The number of benzene rings is 1. The minimum atomic E-state index is -0.106. The summed E-state index contributed by atoms with van der Waals surface area (Å²) in [5.74, 6) is 0.993. The Bertz CT molecular complexity index is 504. The molecule has 2 rings (SSSR count). The Kier molecular flexibility index (Phi) is 2.72. The summed E-state index contributed by atoms with van der Waals surface area (Å²) < 4.78 is 5.09. The van der Waals surface area contributed by atoms with Gasteiger partial charge in [0.1, 0.15) is 5.75 Å². The normalized spacial score (nSPS) is 10.1. The molecular weight excluding hydrogens is 204 g/mol. The van der Waals surface area contributed by atoms with Crippen molar-refractivity contribution < 1.29 is 9.53 Å². The van der Waals surface area contributed by atoms with Gasteiger partial charge in [0.05, 0.1) is 7.11 Å². The predicted molar refractivity (Wildman–Crippen MR) is 59.8 cm³/mol. The number of ketones is 1. The highest BCUT2D eigenvalue weighted by Crippen LogP contribution is 2.18. The first-order valence-electron chi connectivity index (χ1n) is 4.91. The van der Waals surface area contributed by atoms with Crippen LogP contribution in [0.3, 0.4) is 0 Å². The minimum absolute atomic E-state index is 0.106. The van der Waals surface area contributed by atoms with Gasteiger partial charge in [-0.3, -0.25) is 4.79 Å². The number of nitrogens with zero attached hydrogens (tertiary/aromatic N) is 1. The molecule has 0 spiro atoms. The second-order valence-electron chi connectivity index (χ2n) is 3.45. The van der Waals surface area contributed by atoms with E-state index in [4.69, 9.17) is 4.74 Å². The summed E-state index contributed by atoms with van der Waals surface area (Å²) in [6.45, 7) is 1.87. The molecule has 0 aliphatic carbocycles. The molecule has 1 aromatic heterocycles. The van der Waals surface area contributed by atoms with Gasteiger partial charge in [-0.15, -0.1) is 0 Å². The largest absolute Gasteiger partial charge is 0.497 e. The maximum absolute atomic E-state index is 12.0. The number of imidazole rings is 1. The zero-order valence-corrected chi connectivity index (χ0v) is 9.15. The van der Waals surface area contributed by atoms with Crippen LogP contribution in [-0.4, -0.2) is 22.9 Å². The van der Waals surface area contributed by atoms with Crippen LogP contribution < -0.4 is 4.74 Å². The fraction of sp³-hybridized carbons (Fsp3) is 0.167. The minimum Gasteiger partial charge on any atom is -0.497 e. The number of methoxy groups -OCH3 is 1. The zero-order chi connectivity index (χ0) is 11.5. The Balaban J connectivity index is 2.38. The first-order chi connectivity index (χ1) is 7.72. The molecule has 0 saturated carbocycles. The molecule has 0 radical (unpaired) electrons. The van der Waals surface area contributed by atoms with Crippen LogP contribution >= 0.6 is 0 Å². The van der Waals surface area contributed by atoms with Gasteiger partial charge < -0.3 is 9.72 Å². The first-order valence-corrected chi connectivity index (χ1v) is 4.91. The van der Waals surface area contributed by atoms with Gasteiger partial charge in [0, 0.05) is 18.0 Å². The lowest BCUT2D eigenvalue weighted by Gasteiger charge is -2.05. The van der Waals surface area contributed by atoms with Crippen molar-refractivity contribution in [1.29, 1.82) is 0 Å². The number of rotatable bonds is 3. The highest BCUT2D eigenvalue weighted by Gasteiger charge is 2.13. The van der Waals surface area contributed by atoms with Crippen LogP contribution in [0.15, 0.2) is 30.6 Å². The fourth-order valence-electron chi connectivity index (χ4n) is 1.53. The third-order valence-electron chi connectivity index (χ3n) is 2.39. The van der Waals surface area contributed by atoms with Crippen LogP contribution in [0.2, 0.25) is 0 Å². The van der Waals surface area contributed by atoms with E-state index in [1.807, 2.05) is 13.0 Å². The molecule has 0 unspecified atom stereocenters. The van der Waals surface area contributed by atoms with Crippen molar-refractivity contribution in [3.63, 3.8) is 0 Å². The smallest absolute Gasteiger partial charge is 0.228 e. The standard InChI is InChI=1S/C12H12N2O2/c1-8-7-9(16-2)3-4-10(8)11(15)12-13-5-6-14-12/h3-7H,1-2H3,(H,13,14). The van der Waals surface area contributed by atoms with Gasteiger partial charge in [0.15, 0.2) is 5.82 Å². The summed E-state index contributed by atoms with van der Waals surface area (Å²) in [5.41, 5.74) is 1.51. The summed E-state index contributed by atoms with van der Waals surface area (Å²) in [4.78, 5) is 18.7. The van der Waals surface area contributed by atoms with E-state index >= 15 is 0 Å². The average molecular weight is 216 g/mol. The van der Waals surface area contributed by atoms with E-state index in [1.165, 1.54) is 0 Å². The van der Waals surface area contributed by atoms with Gasteiger partial charge in [0.25, 0.3) is 0 Å². The number of ether oxygens (including phenoxy) is 1. The molecule has 82 valence electrons. The lowest BCUT2D eigenvalue weighted by Crippen LogP contribution is -2.05. The SMILES string of the molecule is COc1ccc(C(=O)c2ncc[nH]2)c(C)c1. The Labute approximate surface area is 93.3 Å². The molecule has 1 heterocycles. The molecule has 0 bridgehead atoms. The molecule has 4 nitrogen and oxygen atoms in total. The van der Waals surface area contributed by atoms with Crippen molar-refractivity contribution in [2.45, 2.75) is 6.92 Å². The Morgan fingerprint density at radius 2 is 2.25 bits per heavy atom. The van der Waals surface area contributed by atoms with E-state index < -0.39 is 0 Å². The van der Waals surface area contributed by atoms with Crippen molar-refractivity contribution in [2.75, 3.05) is 7.11 Å². The maximum atomic E-state index is 12.0. The summed E-state index contributed by atoms with van der Waals surface area (Å²) in [5, 5.41) is 0. The van der Waals surface area contributed by atoms with Crippen LogP contribution in [0.4, 0.5) is 0 Å². The van der Waals surface area contributed by atoms with E-state index in [0.29, 0.717) is 11.4 Å². The lowest BCUT2D eigenvalue weighted by atomic mass is 10.0. The first kappa shape index (κ1) is 10.4. The number of H-pyrrole nitrogens is 1. The third-order valence-corrected chi connectivity index (χ3v) is 2.39. The lowest BCUT2D eigenvalue weighted by molar-refractivity contribution is 0.102. The van der Waals surface area contributed by atoms with Crippen LogP contribution in [0, 0.1) is 6.92 Å². The van der Waals surface area contributed by atoms with Crippen LogP contribution in [0.25, 0.3) is 0 Å². The van der Waals surface area contributed by atoms with Gasteiger partial charge >= 0.3 is 0 Å². The van der Waals surface area contributed by atoms with E-state index in [-0.39, 0.29) is 5.78 Å². The maximum Gasteiger partial charge on any atom is 0.228 e. The highest BCUT2D eigenvalue weighted by atomic mass is 16.5. The Morgan fingerprint density at radius 1 is 1.44 bits per heavy atom. The number of aryl methyl sites for hydroxylation is 1. The van der Waals surface area contributed by atoms with Crippen molar-refractivity contribution in [3.8, 4) is 5.75 Å². The molecule has 2 aromatic rings. The number of hydrogen-bond donors (Lipinski definition) is 1. The molecule has 0 atom stereocenters. The fourth-order valence-corrected chi connectivity index (χ4v) is 1.53. The molecule has 0 saturated heterocycles. The zero-order valence-electron chi connectivity index (χ0n) is 9.15. The van der Waals surface area contributed by atoms with Crippen LogP contribution in [0.1, 0.15) is 21.7 Å². The van der Waals surface area contributed by atoms with E-state index in [9.17, 15) is 4.79 Å². The monoisotopic (exact) mass is 216 g/mol. The number of carbonyl (C=O) groups excluding carboxylic acids is 1. The molecule has 0 aliphatic heterocycles. The van der Waals surface area contributed by atoms with Gasteiger partial charge in [-0.2, -0.15) is 0 Å². The highest BCUT2D eigenvalue weighted by molar-refractivity contribution is 6.07. The quantitative estimate of drug-likeness (QED) is 0.798. The van der Waals surface area contributed by atoms with Crippen molar-refractivity contribution >= 4 is 5.78 Å². The molecule has 1 aromatic carbocycles.